The van der Waals surface area contributed by atoms with Crippen LogP contribution in [0.3, 0.4) is 0 Å². The van der Waals surface area contributed by atoms with E-state index in [2.05, 4.69) is 10.6 Å². The van der Waals surface area contributed by atoms with Crippen molar-refractivity contribution >= 4 is 38.8 Å². The van der Waals surface area contributed by atoms with E-state index in [9.17, 15) is 13.2 Å². The third-order valence-electron chi connectivity index (χ3n) is 4.96. The molecule has 0 bridgehead atoms. The third kappa shape index (κ3) is 4.41. The Morgan fingerprint density at radius 3 is 2.03 bits per heavy atom. The maximum atomic E-state index is 13.6. The van der Waals surface area contributed by atoms with Gasteiger partial charge in [-0.25, -0.2) is 13.6 Å². The van der Waals surface area contributed by atoms with Crippen LogP contribution in [0.4, 0.5) is 0 Å². The molecule has 0 radical (unpaired) electrons. The number of primary sulfonamides is 1. The molecule has 3 aromatic rings. The lowest BCUT2D eigenvalue weighted by molar-refractivity contribution is 0.102. The predicted octanol–water partition coefficient (Wildman–Crippen LogP) is 3.15. The van der Waals surface area contributed by atoms with E-state index in [1.165, 1.54) is 12.1 Å². The molecule has 1 aliphatic rings. The van der Waals surface area contributed by atoms with Crippen LogP contribution in [0.1, 0.15) is 27.5 Å². The minimum atomic E-state index is -3.83. The van der Waals surface area contributed by atoms with Gasteiger partial charge in [0.2, 0.25) is 10.0 Å². The van der Waals surface area contributed by atoms with Gasteiger partial charge in [0.15, 0.2) is 10.9 Å². The van der Waals surface area contributed by atoms with E-state index in [1.54, 1.807) is 36.4 Å². The molecule has 0 aromatic heterocycles. The average Bonchev–Trinajstić information content (AvgIpc) is 2.79. The molecule has 4 rings (SSSR count). The van der Waals surface area contributed by atoms with Crippen molar-refractivity contribution < 1.29 is 13.2 Å². The quantitative estimate of drug-likeness (QED) is 0.409. The summed E-state index contributed by atoms with van der Waals surface area (Å²) in [6.45, 7) is 0. The fourth-order valence-corrected chi connectivity index (χ4v) is 4.22. The summed E-state index contributed by atoms with van der Waals surface area (Å²) in [6, 6.07) is 24.0. The van der Waals surface area contributed by atoms with E-state index in [1.807, 2.05) is 36.4 Å². The smallest absolute Gasteiger partial charge is 0.238 e. The maximum Gasteiger partial charge on any atom is 0.238 e. The first-order valence-corrected chi connectivity index (χ1v) is 11.4. The van der Waals surface area contributed by atoms with Gasteiger partial charge in [-0.15, -0.1) is 0 Å². The molecule has 0 saturated carbocycles. The zero-order chi connectivity index (χ0) is 22.0. The zero-order valence-electron chi connectivity index (χ0n) is 16.3. The third-order valence-corrected chi connectivity index (χ3v) is 6.11. The summed E-state index contributed by atoms with van der Waals surface area (Å²) < 4.78 is 23.3. The minimum Gasteiger partial charge on any atom is -0.351 e. The van der Waals surface area contributed by atoms with Gasteiger partial charge >= 0.3 is 0 Å². The van der Waals surface area contributed by atoms with Crippen molar-refractivity contribution in [2.75, 3.05) is 0 Å². The molecule has 1 atom stereocenters. The van der Waals surface area contributed by atoms with Gasteiger partial charge in [-0.05, 0) is 35.5 Å². The van der Waals surface area contributed by atoms with E-state index in [0.29, 0.717) is 27.5 Å². The van der Waals surface area contributed by atoms with Gasteiger partial charge in [-0.2, -0.15) is 0 Å². The molecule has 0 spiro atoms. The van der Waals surface area contributed by atoms with Crippen LogP contribution in [0.25, 0.3) is 5.70 Å². The minimum absolute atomic E-state index is 0.00374. The van der Waals surface area contributed by atoms with Gasteiger partial charge in [0, 0.05) is 5.56 Å². The molecule has 0 aliphatic carbocycles. The highest BCUT2D eigenvalue weighted by Gasteiger charge is 2.32. The molecule has 0 saturated heterocycles. The molecule has 8 heteroatoms. The van der Waals surface area contributed by atoms with Crippen LogP contribution in [0.15, 0.2) is 95.4 Å². The molecule has 156 valence electrons. The van der Waals surface area contributed by atoms with E-state index < -0.39 is 16.1 Å². The largest absolute Gasteiger partial charge is 0.351 e. The van der Waals surface area contributed by atoms with Gasteiger partial charge in [-0.1, -0.05) is 72.8 Å². The number of nitrogens with two attached hydrogens (primary N) is 1. The monoisotopic (exact) mass is 449 g/mol. The van der Waals surface area contributed by atoms with Crippen molar-refractivity contribution in [1.29, 1.82) is 0 Å². The molecular formula is C23H19N3O3S2. The van der Waals surface area contributed by atoms with E-state index >= 15 is 0 Å². The Hall–Kier alpha value is -3.33. The number of sulfonamides is 1. The number of benzene rings is 3. The van der Waals surface area contributed by atoms with Crippen LogP contribution >= 0.6 is 12.2 Å². The van der Waals surface area contributed by atoms with Crippen molar-refractivity contribution in [3.8, 4) is 0 Å². The molecule has 0 fully saturated rings. The Labute approximate surface area is 185 Å². The number of hydrogen-bond acceptors (Lipinski definition) is 4. The van der Waals surface area contributed by atoms with Crippen LogP contribution < -0.4 is 15.8 Å². The molecule has 4 N–H and O–H groups in total. The van der Waals surface area contributed by atoms with Crippen molar-refractivity contribution in [3.63, 3.8) is 0 Å². The van der Waals surface area contributed by atoms with E-state index in [0.717, 1.165) is 5.56 Å². The second kappa shape index (κ2) is 8.43. The first kappa shape index (κ1) is 20.9. The summed E-state index contributed by atoms with van der Waals surface area (Å²) in [7, 11) is -3.83. The number of Topliss-reactive ketones (excluding diaryl/α,β-unsaturated/α-hetero) is 1. The molecule has 1 unspecified atom stereocenters. The summed E-state index contributed by atoms with van der Waals surface area (Å²) >= 11 is 5.42. The molecule has 3 aromatic carbocycles. The van der Waals surface area contributed by atoms with Crippen LogP contribution in [-0.4, -0.2) is 19.3 Å². The van der Waals surface area contributed by atoms with Crippen LogP contribution in [0.5, 0.6) is 0 Å². The van der Waals surface area contributed by atoms with Gasteiger partial charge < -0.3 is 10.6 Å². The number of carbonyl (C=O) groups is 1. The summed E-state index contributed by atoms with van der Waals surface area (Å²) in [6.07, 6.45) is 0. The van der Waals surface area contributed by atoms with Crippen molar-refractivity contribution in [3.05, 3.63) is 107 Å². The number of ketones is 1. The number of thiocarbonyl (C=S) groups is 1. The highest BCUT2D eigenvalue weighted by molar-refractivity contribution is 7.89. The first-order valence-electron chi connectivity index (χ1n) is 9.44. The lowest BCUT2D eigenvalue weighted by Crippen LogP contribution is -2.44. The molecule has 1 heterocycles. The van der Waals surface area contributed by atoms with Crippen LogP contribution in [0, 0.1) is 0 Å². The fourth-order valence-electron chi connectivity index (χ4n) is 3.49. The number of nitrogens with one attached hydrogen (secondary N) is 2. The normalized spacial score (nSPS) is 16.4. The van der Waals surface area contributed by atoms with Crippen molar-refractivity contribution in [2.45, 2.75) is 10.9 Å². The van der Waals surface area contributed by atoms with Gasteiger partial charge in [-0.3, -0.25) is 4.79 Å². The summed E-state index contributed by atoms with van der Waals surface area (Å²) in [4.78, 5) is 13.6. The highest BCUT2D eigenvalue weighted by Crippen LogP contribution is 2.33. The van der Waals surface area contributed by atoms with Crippen molar-refractivity contribution in [1.82, 2.24) is 10.6 Å². The van der Waals surface area contributed by atoms with Crippen LogP contribution in [-0.2, 0) is 10.0 Å². The Bertz CT molecular complexity index is 1270. The van der Waals surface area contributed by atoms with Crippen LogP contribution in [0.2, 0.25) is 0 Å². The highest BCUT2D eigenvalue weighted by atomic mass is 32.2. The Balaban J connectivity index is 1.90. The van der Waals surface area contributed by atoms with Crippen molar-refractivity contribution in [2.24, 2.45) is 5.14 Å². The average molecular weight is 450 g/mol. The molecule has 31 heavy (non-hydrogen) atoms. The van der Waals surface area contributed by atoms with Gasteiger partial charge in [0.05, 0.1) is 22.2 Å². The topological polar surface area (TPSA) is 101 Å². The fraction of sp³-hybridized carbons (Fsp3) is 0.0435. The standard InChI is InChI=1S/C23H19N3O3S2/c24-31(28,29)18-13-11-16(12-14-18)21-19(22(27)17-9-5-2-6-10-17)20(25-23(30)26-21)15-7-3-1-4-8-15/h1-14,21H,(H2,24,28,29)(H2,25,26,30). The Morgan fingerprint density at radius 1 is 0.871 bits per heavy atom. The first-order chi connectivity index (χ1) is 14.8. The maximum absolute atomic E-state index is 13.6. The summed E-state index contributed by atoms with van der Waals surface area (Å²) in [5.41, 5.74) is 3.13. The summed E-state index contributed by atoms with van der Waals surface area (Å²) in [5.74, 6) is -0.164. The zero-order valence-corrected chi connectivity index (χ0v) is 17.9. The lowest BCUT2D eigenvalue weighted by atomic mass is 9.87. The molecular weight excluding hydrogens is 430 g/mol. The molecule has 1 aliphatic heterocycles. The van der Waals surface area contributed by atoms with Gasteiger partial charge in [0.1, 0.15) is 0 Å². The number of rotatable bonds is 5. The second-order valence-electron chi connectivity index (χ2n) is 7.00. The van der Waals surface area contributed by atoms with Gasteiger partial charge in [0.25, 0.3) is 0 Å². The number of carbonyl (C=O) groups excluding carboxylic acids is 1. The Morgan fingerprint density at radius 2 is 1.45 bits per heavy atom. The predicted molar refractivity (Wildman–Crippen MR) is 124 cm³/mol. The molecule has 6 nitrogen and oxygen atoms in total. The lowest BCUT2D eigenvalue weighted by Gasteiger charge is -2.32. The Kier molecular flexibility index (Phi) is 5.69. The number of hydrogen-bond donors (Lipinski definition) is 3. The van der Waals surface area contributed by atoms with E-state index in [-0.39, 0.29) is 10.7 Å². The van der Waals surface area contributed by atoms with E-state index in [4.69, 9.17) is 17.4 Å². The second-order valence-corrected chi connectivity index (χ2v) is 8.97. The summed E-state index contributed by atoms with van der Waals surface area (Å²) in [5, 5.41) is 11.9. The SMILES string of the molecule is NS(=O)(=O)c1ccc(C2NC(=S)NC(c3ccccc3)=C2C(=O)c2ccccc2)cc1. The molecule has 0 amide bonds.